The second kappa shape index (κ2) is 7.02. The molecule has 0 amide bonds. The minimum Gasteiger partial charge on any atom is -0.494 e. The molecule has 0 aliphatic rings. The van der Waals surface area contributed by atoms with Crippen molar-refractivity contribution in [3.63, 3.8) is 0 Å². The zero-order chi connectivity index (χ0) is 15.2. The van der Waals surface area contributed by atoms with Crippen LogP contribution in [0.4, 0.5) is 11.4 Å². The van der Waals surface area contributed by atoms with Crippen molar-refractivity contribution in [3.05, 3.63) is 53.6 Å². The van der Waals surface area contributed by atoms with Gasteiger partial charge in [0.05, 0.1) is 6.61 Å². The van der Waals surface area contributed by atoms with Gasteiger partial charge in [-0.15, -0.1) is 0 Å². The van der Waals surface area contributed by atoms with Crippen molar-refractivity contribution in [3.8, 4) is 5.75 Å². The van der Waals surface area contributed by atoms with E-state index in [0.29, 0.717) is 6.61 Å². The van der Waals surface area contributed by atoms with E-state index < -0.39 is 0 Å². The molecule has 0 heterocycles. The third-order valence-electron chi connectivity index (χ3n) is 3.42. The van der Waals surface area contributed by atoms with E-state index in [9.17, 15) is 0 Å². The van der Waals surface area contributed by atoms with Crippen molar-refractivity contribution < 1.29 is 4.74 Å². The lowest BCUT2D eigenvalue weighted by Crippen LogP contribution is -2.09. The molecule has 3 heteroatoms. The molecular weight excluding hydrogens is 260 g/mol. The minimum atomic E-state index is 0.696. The van der Waals surface area contributed by atoms with Gasteiger partial charge in [-0.1, -0.05) is 12.1 Å². The van der Waals surface area contributed by atoms with Gasteiger partial charge >= 0.3 is 0 Å². The Kier molecular flexibility index (Phi) is 5.09. The molecule has 0 radical (unpaired) electrons. The van der Waals surface area contributed by atoms with Gasteiger partial charge in [0.25, 0.3) is 0 Å². The van der Waals surface area contributed by atoms with E-state index in [2.05, 4.69) is 61.6 Å². The van der Waals surface area contributed by atoms with Gasteiger partial charge in [-0.3, -0.25) is 0 Å². The minimum absolute atomic E-state index is 0.696. The number of aryl methyl sites for hydroxylation is 1. The number of nitrogens with one attached hydrogen (secondary N) is 1. The predicted octanol–water partition coefficient (Wildman–Crippen LogP) is 4.07. The Hall–Kier alpha value is -2.16. The third kappa shape index (κ3) is 4.15. The van der Waals surface area contributed by atoms with Gasteiger partial charge in [-0.05, 0) is 55.3 Å². The summed E-state index contributed by atoms with van der Waals surface area (Å²) < 4.78 is 5.53. The standard InChI is InChI=1S/C18H24N2O/c1-5-21-17-8-6-7-15(12-17)13-19-18-10-9-16(20(3)4)11-14(18)2/h6-12,19H,5,13H2,1-4H3. The van der Waals surface area contributed by atoms with Crippen LogP contribution < -0.4 is 15.0 Å². The molecule has 21 heavy (non-hydrogen) atoms. The van der Waals surface area contributed by atoms with Gasteiger partial charge in [0.1, 0.15) is 5.75 Å². The quantitative estimate of drug-likeness (QED) is 0.865. The van der Waals surface area contributed by atoms with Crippen molar-refractivity contribution >= 4 is 11.4 Å². The summed E-state index contributed by atoms with van der Waals surface area (Å²) in [7, 11) is 4.11. The Morgan fingerprint density at radius 1 is 1.10 bits per heavy atom. The molecule has 0 aliphatic carbocycles. The van der Waals surface area contributed by atoms with Crippen molar-refractivity contribution in [2.45, 2.75) is 20.4 Å². The summed E-state index contributed by atoms with van der Waals surface area (Å²) in [5, 5.41) is 3.49. The molecule has 112 valence electrons. The molecule has 0 aliphatic heterocycles. The predicted molar refractivity (Wildman–Crippen MR) is 90.4 cm³/mol. The summed E-state index contributed by atoms with van der Waals surface area (Å²) in [6.07, 6.45) is 0. The molecule has 2 aromatic carbocycles. The van der Waals surface area contributed by atoms with Gasteiger partial charge in [-0.25, -0.2) is 0 Å². The highest BCUT2D eigenvalue weighted by Gasteiger charge is 2.02. The summed E-state index contributed by atoms with van der Waals surface area (Å²) in [4.78, 5) is 2.11. The Morgan fingerprint density at radius 2 is 1.90 bits per heavy atom. The van der Waals surface area contributed by atoms with Crippen LogP contribution in [0.1, 0.15) is 18.1 Å². The maximum absolute atomic E-state index is 5.53. The van der Waals surface area contributed by atoms with Gasteiger partial charge in [0.15, 0.2) is 0 Å². The summed E-state index contributed by atoms with van der Waals surface area (Å²) in [6.45, 7) is 5.62. The maximum atomic E-state index is 5.53. The molecule has 0 saturated heterocycles. The SMILES string of the molecule is CCOc1cccc(CNc2ccc(N(C)C)cc2C)c1. The summed E-state index contributed by atoms with van der Waals surface area (Å²) >= 11 is 0. The Labute approximate surface area is 127 Å². The first kappa shape index (κ1) is 15.2. The second-order valence-electron chi connectivity index (χ2n) is 5.33. The number of benzene rings is 2. The lowest BCUT2D eigenvalue weighted by Gasteiger charge is -2.16. The number of rotatable bonds is 6. The summed E-state index contributed by atoms with van der Waals surface area (Å²) in [6, 6.07) is 14.7. The fourth-order valence-electron chi connectivity index (χ4n) is 2.23. The van der Waals surface area contributed by atoms with Gasteiger partial charge < -0.3 is 15.0 Å². The molecule has 3 nitrogen and oxygen atoms in total. The summed E-state index contributed by atoms with van der Waals surface area (Å²) in [5.41, 5.74) is 4.86. The fourth-order valence-corrected chi connectivity index (χ4v) is 2.23. The van der Waals surface area contributed by atoms with Crippen molar-refractivity contribution in [1.82, 2.24) is 0 Å². The highest BCUT2D eigenvalue weighted by molar-refractivity contribution is 5.59. The molecular formula is C18H24N2O. The van der Waals surface area contributed by atoms with Crippen LogP contribution in [-0.4, -0.2) is 20.7 Å². The average Bonchev–Trinajstić information content (AvgIpc) is 2.46. The highest BCUT2D eigenvalue weighted by atomic mass is 16.5. The molecule has 0 spiro atoms. The Bertz CT molecular complexity index is 594. The summed E-state index contributed by atoms with van der Waals surface area (Å²) in [5.74, 6) is 0.927. The second-order valence-corrected chi connectivity index (χ2v) is 5.33. The van der Waals surface area contributed by atoms with Crippen LogP contribution in [0.2, 0.25) is 0 Å². The zero-order valence-electron chi connectivity index (χ0n) is 13.3. The molecule has 1 N–H and O–H groups in total. The first-order valence-electron chi connectivity index (χ1n) is 7.33. The molecule has 2 rings (SSSR count). The van der Waals surface area contributed by atoms with E-state index in [1.54, 1.807) is 0 Å². The Balaban J connectivity index is 2.04. The molecule has 0 saturated carbocycles. The normalized spacial score (nSPS) is 10.3. The smallest absolute Gasteiger partial charge is 0.119 e. The molecule has 0 aromatic heterocycles. The first-order valence-corrected chi connectivity index (χ1v) is 7.33. The van der Waals surface area contributed by atoms with Crippen molar-refractivity contribution in [1.29, 1.82) is 0 Å². The molecule has 0 bridgehead atoms. The van der Waals surface area contributed by atoms with Crippen LogP contribution in [0, 0.1) is 6.92 Å². The monoisotopic (exact) mass is 284 g/mol. The first-order chi connectivity index (χ1) is 10.1. The third-order valence-corrected chi connectivity index (χ3v) is 3.42. The van der Waals surface area contributed by atoms with E-state index in [1.807, 2.05) is 19.1 Å². The number of hydrogen-bond acceptors (Lipinski definition) is 3. The van der Waals surface area contributed by atoms with Crippen molar-refractivity contribution in [2.75, 3.05) is 30.9 Å². The largest absolute Gasteiger partial charge is 0.494 e. The van der Waals surface area contributed by atoms with E-state index in [4.69, 9.17) is 4.74 Å². The van der Waals surface area contributed by atoms with Gasteiger partial charge in [0.2, 0.25) is 0 Å². The topological polar surface area (TPSA) is 24.5 Å². The zero-order valence-corrected chi connectivity index (χ0v) is 13.3. The van der Waals surface area contributed by atoms with Crippen LogP contribution in [0.3, 0.4) is 0 Å². The molecule has 0 atom stereocenters. The van der Waals surface area contributed by atoms with Gasteiger partial charge in [-0.2, -0.15) is 0 Å². The highest BCUT2D eigenvalue weighted by Crippen LogP contribution is 2.22. The van der Waals surface area contributed by atoms with E-state index in [0.717, 1.165) is 12.3 Å². The molecule has 0 fully saturated rings. The number of nitrogens with zero attached hydrogens (tertiary/aromatic N) is 1. The molecule has 2 aromatic rings. The van der Waals surface area contributed by atoms with E-state index in [1.165, 1.54) is 22.5 Å². The van der Waals surface area contributed by atoms with Crippen LogP contribution in [0.5, 0.6) is 5.75 Å². The van der Waals surface area contributed by atoms with Crippen LogP contribution >= 0.6 is 0 Å². The van der Waals surface area contributed by atoms with E-state index >= 15 is 0 Å². The van der Waals surface area contributed by atoms with Crippen LogP contribution in [0.25, 0.3) is 0 Å². The lowest BCUT2D eigenvalue weighted by molar-refractivity contribution is 0.340. The fraction of sp³-hybridized carbons (Fsp3) is 0.333. The number of ether oxygens (including phenoxy) is 1. The van der Waals surface area contributed by atoms with Crippen molar-refractivity contribution in [2.24, 2.45) is 0 Å². The average molecular weight is 284 g/mol. The molecule has 0 unspecified atom stereocenters. The number of hydrogen-bond donors (Lipinski definition) is 1. The number of anilines is 2. The lowest BCUT2D eigenvalue weighted by atomic mass is 10.1. The van der Waals surface area contributed by atoms with Gasteiger partial charge in [0, 0.05) is 32.0 Å². The van der Waals surface area contributed by atoms with Crippen LogP contribution in [-0.2, 0) is 6.54 Å². The van der Waals surface area contributed by atoms with Crippen LogP contribution in [0.15, 0.2) is 42.5 Å². The van der Waals surface area contributed by atoms with E-state index in [-0.39, 0.29) is 0 Å². The Morgan fingerprint density at radius 3 is 2.57 bits per heavy atom. The maximum Gasteiger partial charge on any atom is 0.119 e.